The van der Waals surface area contributed by atoms with E-state index in [9.17, 15) is 0 Å². The highest BCUT2D eigenvalue weighted by molar-refractivity contribution is 7.11. The van der Waals surface area contributed by atoms with E-state index >= 15 is 0 Å². The van der Waals surface area contributed by atoms with E-state index in [0.29, 0.717) is 36.7 Å². The first-order chi connectivity index (χ1) is 13.6. The van der Waals surface area contributed by atoms with Crippen molar-refractivity contribution in [3.05, 3.63) is 40.1 Å². The highest BCUT2D eigenvalue weighted by atomic mass is 32.1. The molecule has 1 saturated carbocycles. The van der Waals surface area contributed by atoms with Gasteiger partial charge in [-0.2, -0.15) is 9.97 Å². The molecule has 146 valence electrons. The van der Waals surface area contributed by atoms with Crippen molar-refractivity contribution < 1.29 is 9.47 Å². The summed E-state index contributed by atoms with van der Waals surface area (Å²) >= 11 is 1.53. The van der Waals surface area contributed by atoms with Crippen LogP contribution in [-0.2, 0) is 6.54 Å². The van der Waals surface area contributed by atoms with Crippen LogP contribution in [0.5, 0.6) is 11.6 Å². The van der Waals surface area contributed by atoms with Crippen LogP contribution in [0.1, 0.15) is 28.0 Å². The first kappa shape index (κ1) is 18.4. The molecule has 3 aromatic heterocycles. The van der Waals surface area contributed by atoms with Gasteiger partial charge >= 0.3 is 0 Å². The number of anilines is 2. The van der Waals surface area contributed by atoms with Crippen molar-refractivity contribution in [2.24, 2.45) is 5.92 Å². The Hall–Kier alpha value is -3.01. The molecular formula is C18H21N7O2S. The summed E-state index contributed by atoms with van der Waals surface area (Å²) in [6.07, 6.45) is 2.79. The van der Waals surface area contributed by atoms with Gasteiger partial charge in [-0.15, -0.1) is 10.2 Å². The lowest BCUT2D eigenvalue weighted by molar-refractivity contribution is 0.285. The van der Waals surface area contributed by atoms with Crippen LogP contribution >= 0.6 is 11.3 Å². The van der Waals surface area contributed by atoms with Gasteiger partial charge in [0, 0.05) is 23.6 Å². The summed E-state index contributed by atoms with van der Waals surface area (Å²) in [5, 5.41) is 13.1. The molecule has 3 heterocycles. The average Bonchev–Trinajstić information content (AvgIpc) is 3.36. The van der Waals surface area contributed by atoms with Gasteiger partial charge < -0.3 is 20.5 Å². The molecule has 2 atom stereocenters. The van der Waals surface area contributed by atoms with Crippen molar-refractivity contribution in [1.82, 2.24) is 25.1 Å². The zero-order valence-corrected chi connectivity index (χ0v) is 16.4. The molecule has 9 nitrogen and oxygen atoms in total. The molecule has 0 spiro atoms. The van der Waals surface area contributed by atoms with E-state index in [2.05, 4.69) is 30.5 Å². The summed E-state index contributed by atoms with van der Waals surface area (Å²) in [5.74, 6) is 2.80. The number of hydrogen-bond acceptors (Lipinski definition) is 10. The molecule has 2 unspecified atom stereocenters. The van der Waals surface area contributed by atoms with Crippen LogP contribution in [-0.4, -0.2) is 38.9 Å². The molecule has 28 heavy (non-hydrogen) atoms. The van der Waals surface area contributed by atoms with Crippen LogP contribution in [0.3, 0.4) is 0 Å². The Morgan fingerprint density at radius 2 is 2.18 bits per heavy atom. The predicted molar refractivity (Wildman–Crippen MR) is 106 cm³/mol. The van der Waals surface area contributed by atoms with E-state index in [1.807, 2.05) is 19.1 Å². The summed E-state index contributed by atoms with van der Waals surface area (Å²) < 4.78 is 11.0. The smallest absolute Gasteiger partial charge is 0.225 e. The molecule has 1 aliphatic rings. The van der Waals surface area contributed by atoms with Crippen molar-refractivity contribution in [2.45, 2.75) is 25.8 Å². The van der Waals surface area contributed by atoms with Gasteiger partial charge in [0.05, 0.1) is 26.5 Å². The number of aromatic nitrogens is 5. The van der Waals surface area contributed by atoms with Crippen LogP contribution in [0.15, 0.2) is 24.4 Å². The van der Waals surface area contributed by atoms with Gasteiger partial charge in [-0.05, 0) is 25.5 Å². The summed E-state index contributed by atoms with van der Waals surface area (Å²) in [6.45, 7) is 3.00. The van der Waals surface area contributed by atoms with E-state index in [-0.39, 0.29) is 5.95 Å². The third-order valence-corrected chi connectivity index (χ3v) is 5.29. The van der Waals surface area contributed by atoms with Crippen LogP contribution in [0.2, 0.25) is 0 Å². The third kappa shape index (κ3) is 4.45. The minimum Gasteiger partial charge on any atom is -0.495 e. The maximum Gasteiger partial charge on any atom is 0.225 e. The average molecular weight is 399 g/mol. The maximum atomic E-state index is 5.86. The Balaban J connectivity index is 1.31. The van der Waals surface area contributed by atoms with E-state index in [4.69, 9.17) is 15.2 Å². The number of methoxy groups -OCH3 is 1. The zero-order valence-electron chi connectivity index (χ0n) is 15.6. The number of ether oxygens (including phenoxy) is 2. The van der Waals surface area contributed by atoms with Gasteiger partial charge in [-0.3, -0.25) is 4.98 Å². The van der Waals surface area contributed by atoms with Crippen molar-refractivity contribution in [3.8, 4) is 11.6 Å². The first-order valence-electron chi connectivity index (χ1n) is 8.91. The number of nitrogens with zero attached hydrogens (tertiary/aromatic N) is 5. The fraction of sp³-hybridized carbons (Fsp3) is 0.389. The molecular weight excluding hydrogens is 378 g/mol. The third-order valence-electron chi connectivity index (χ3n) is 4.45. The Labute approximate surface area is 166 Å². The van der Waals surface area contributed by atoms with Gasteiger partial charge in [-0.25, -0.2) is 0 Å². The van der Waals surface area contributed by atoms with Crippen molar-refractivity contribution in [1.29, 1.82) is 0 Å². The largest absolute Gasteiger partial charge is 0.495 e. The summed E-state index contributed by atoms with van der Waals surface area (Å²) in [5.41, 5.74) is 6.87. The monoisotopic (exact) mass is 399 g/mol. The fourth-order valence-electron chi connectivity index (χ4n) is 2.90. The normalized spacial score (nSPS) is 17.9. The number of nitrogens with two attached hydrogens (primary N) is 1. The zero-order chi connectivity index (χ0) is 19.5. The number of hydrogen-bond donors (Lipinski definition) is 2. The summed E-state index contributed by atoms with van der Waals surface area (Å²) in [6, 6.07) is 5.68. The second kappa shape index (κ2) is 7.93. The summed E-state index contributed by atoms with van der Waals surface area (Å²) in [4.78, 5) is 12.8. The van der Waals surface area contributed by atoms with E-state index < -0.39 is 0 Å². The molecule has 3 aromatic rings. The molecule has 4 rings (SSSR count). The maximum absolute atomic E-state index is 5.86. The first-order valence-corrected chi connectivity index (χ1v) is 9.72. The molecule has 0 saturated heterocycles. The standard InChI is InChI=1S/C18H21N7O2S/c1-10-24-25-17(28-10)8-21-15-6-16(23-18(19)22-15)27-9-11-5-13(11)14-4-3-12(26-2)7-20-14/h3-4,6-7,11,13H,5,8-9H2,1-2H3,(H3,19,21,22,23). The molecule has 1 aliphatic carbocycles. The Morgan fingerprint density at radius 3 is 2.89 bits per heavy atom. The van der Waals surface area contributed by atoms with Gasteiger partial charge in [0.25, 0.3) is 0 Å². The number of aryl methyl sites for hydroxylation is 1. The number of nitrogen functional groups attached to an aromatic ring is 1. The highest BCUT2D eigenvalue weighted by Gasteiger charge is 2.40. The Morgan fingerprint density at radius 1 is 1.29 bits per heavy atom. The van der Waals surface area contributed by atoms with Crippen LogP contribution in [0.25, 0.3) is 0 Å². The molecule has 1 fully saturated rings. The number of rotatable bonds is 8. The molecule has 3 N–H and O–H groups in total. The van der Waals surface area contributed by atoms with Crippen LogP contribution in [0, 0.1) is 12.8 Å². The topological polar surface area (TPSA) is 121 Å². The molecule has 0 amide bonds. The van der Waals surface area contributed by atoms with Gasteiger partial charge in [0.2, 0.25) is 11.8 Å². The van der Waals surface area contributed by atoms with Crippen LogP contribution < -0.4 is 20.5 Å². The highest BCUT2D eigenvalue weighted by Crippen LogP contribution is 2.46. The SMILES string of the molecule is COc1ccc(C2CC2COc2cc(NCc3nnc(C)s3)nc(N)n2)nc1. The number of nitrogens with one attached hydrogen (secondary N) is 1. The molecule has 10 heteroatoms. The quantitative estimate of drug-likeness (QED) is 0.588. The van der Waals surface area contributed by atoms with E-state index in [1.165, 1.54) is 11.3 Å². The molecule has 0 aliphatic heterocycles. The van der Waals surface area contributed by atoms with E-state index in [1.54, 1.807) is 19.4 Å². The number of pyridine rings is 1. The minimum absolute atomic E-state index is 0.164. The molecule has 0 bridgehead atoms. The molecule has 0 aromatic carbocycles. The van der Waals surface area contributed by atoms with Crippen molar-refractivity contribution >= 4 is 23.1 Å². The lowest BCUT2D eigenvalue weighted by Gasteiger charge is -2.09. The minimum atomic E-state index is 0.164. The molecule has 0 radical (unpaired) electrons. The second-order valence-corrected chi connectivity index (χ2v) is 7.82. The van der Waals surface area contributed by atoms with Gasteiger partial charge in [-0.1, -0.05) is 11.3 Å². The van der Waals surface area contributed by atoms with E-state index in [0.717, 1.165) is 27.9 Å². The van der Waals surface area contributed by atoms with Crippen molar-refractivity contribution in [2.75, 3.05) is 24.8 Å². The predicted octanol–water partition coefficient (Wildman–Crippen LogP) is 2.42. The second-order valence-electron chi connectivity index (χ2n) is 6.55. The van der Waals surface area contributed by atoms with Crippen molar-refractivity contribution in [3.63, 3.8) is 0 Å². The summed E-state index contributed by atoms with van der Waals surface area (Å²) in [7, 11) is 1.63. The lowest BCUT2D eigenvalue weighted by Crippen LogP contribution is -2.08. The Bertz CT molecular complexity index is 947. The van der Waals surface area contributed by atoms with Crippen LogP contribution in [0.4, 0.5) is 11.8 Å². The van der Waals surface area contributed by atoms with Gasteiger partial charge in [0.1, 0.15) is 21.6 Å². The Kier molecular flexibility index (Phi) is 5.20. The van der Waals surface area contributed by atoms with Gasteiger partial charge in [0.15, 0.2) is 0 Å². The lowest BCUT2D eigenvalue weighted by atomic mass is 10.2. The fourth-order valence-corrected chi connectivity index (χ4v) is 3.55.